The Morgan fingerprint density at radius 2 is 1.85 bits per heavy atom. The van der Waals surface area contributed by atoms with Gasteiger partial charge < -0.3 is 35.0 Å². The van der Waals surface area contributed by atoms with Crippen LogP contribution in [0.4, 0.5) is 5.69 Å². The van der Waals surface area contributed by atoms with Crippen LogP contribution in [0.15, 0.2) is 36.4 Å². The molecule has 0 bridgehead atoms. The first-order chi connectivity index (χ1) is 15.4. The number of fused-ring (bicyclic) bond motifs is 1. The van der Waals surface area contributed by atoms with E-state index in [4.69, 9.17) is 9.47 Å². The van der Waals surface area contributed by atoms with Crippen molar-refractivity contribution in [2.75, 3.05) is 18.6 Å². The van der Waals surface area contributed by atoms with Crippen molar-refractivity contribution < 1.29 is 34.4 Å². The van der Waals surface area contributed by atoms with Gasteiger partial charge in [0.2, 0.25) is 0 Å². The molecule has 4 N–H and O–H groups in total. The van der Waals surface area contributed by atoms with E-state index >= 15 is 0 Å². The van der Waals surface area contributed by atoms with Gasteiger partial charge in [0.25, 0.3) is 11.8 Å². The van der Waals surface area contributed by atoms with E-state index in [0.717, 1.165) is 0 Å². The van der Waals surface area contributed by atoms with E-state index in [1.54, 1.807) is 35.2 Å². The Bertz CT molecular complexity index is 849. The summed E-state index contributed by atoms with van der Waals surface area (Å²) in [5.74, 6) is -0.669. The first-order valence-electron chi connectivity index (χ1n) is 11.0. The van der Waals surface area contributed by atoms with E-state index in [1.165, 1.54) is 13.2 Å². The molecular weight excluding hydrogens is 428 g/mol. The number of amides is 2. The molecule has 1 aliphatic rings. The summed E-state index contributed by atoms with van der Waals surface area (Å²) in [4.78, 5) is 27.7. The van der Waals surface area contributed by atoms with Crippen LogP contribution in [0.3, 0.4) is 0 Å². The summed E-state index contributed by atoms with van der Waals surface area (Å²) >= 11 is 0. The fraction of sp³-hybridized carbons (Fsp3) is 0.583. The third-order valence-corrected chi connectivity index (χ3v) is 5.21. The average Bonchev–Trinajstić information content (AvgIpc) is 2.88. The van der Waals surface area contributed by atoms with Gasteiger partial charge in [-0.2, -0.15) is 0 Å². The number of aliphatic hydroxyl groups excluding tert-OH is 3. The number of para-hydroxylation sites is 2. The Morgan fingerprint density at radius 3 is 2.42 bits per heavy atom. The molecule has 1 aromatic carbocycles. The molecule has 9 heteroatoms. The van der Waals surface area contributed by atoms with E-state index in [1.807, 2.05) is 34.6 Å². The lowest BCUT2D eigenvalue weighted by Gasteiger charge is -2.30. The molecule has 1 unspecified atom stereocenters. The zero-order chi connectivity index (χ0) is 24.9. The van der Waals surface area contributed by atoms with Crippen LogP contribution >= 0.6 is 0 Å². The highest BCUT2D eigenvalue weighted by Crippen LogP contribution is 2.32. The number of rotatable bonds is 8. The number of nitrogens with one attached hydrogen (secondary N) is 1. The Labute approximate surface area is 195 Å². The van der Waals surface area contributed by atoms with Gasteiger partial charge in [0.15, 0.2) is 6.10 Å². The van der Waals surface area contributed by atoms with Gasteiger partial charge in [0.1, 0.15) is 36.7 Å². The first-order valence-corrected chi connectivity index (χ1v) is 11.0. The van der Waals surface area contributed by atoms with Crippen LogP contribution in [0.2, 0.25) is 0 Å². The smallest absolute Gasteiger partial charge is 0.253 e. The lowest BCUT2D eigenvalue weighted by molar-refractivity contribution is -0.150. The molecule has 0 aliphatic carbocycles. The second-order valence-corrected chi connectivity index (χ2v) is 9.50. The van der Waals surface area contributed by atoms with E-state index in [0.29, 0.717) is 11.4 Å². The topological polar surface area (TPSA) is 129 Å². The normalized spacial score (nSPS) is 20.6. The van der Waals surface area contributed by atoms with Crippen molar-refractivity contribution in [2.24, 2.45) is 5.41 Å². The van der Waals surface area contributed by atoms with Crippen molar-refractivity contribution in [2.45, 2.75) is 71.1 Å². The Kier molecular flexibility index (Phi) is 9.02. The molecule has 0 radical (unpaired) electrons. The van der Waals surface area contributed by atoms with Crippen LogP contribution in [0.5, 0.6) is 5.75 Å². The van der Waals surface area contributed by atoms with Crippen LogP contribution in [-0.2, 0) is 14.3 Å². The number of ether oxygens (including phenoxy) is 2. The zero-order valence-electron chi connectivity index (χ0n) is 20.1. The predicted molar refractivity (Wildman–Crippen MR) is 124 cm³/mol. The number of carbonyl (C=O) groups is 2. The molecule has 1 aromatic rings. The SMILES string of the molecule is CO[C@@H](C(=O)NC1COc2ccccc2N(C(C)C)C1=O)[C@H](O)[C@@H](O)[C@H](O)C=CC(C)(C)C. The number of allylic oxidation sites excluding steroid dienone is 1. The summed E-state index contributed by atoms with van der Waals surface area (Å²) in [7, 11) is 1.19. The fourth-order valence-corrected chi connectivity index (χ4v) is 3.48. The minimum Gasteiger partial charge on any atom is -0.489 e. The van der Waals surface area contributed by atoms with Crippen LogP contribution < -0.4 is 15.0 Å². The molecule has 2 rings (SSSR count). The maximum Gasteiger partial charge on any atom is 0.253 e. The van der Waals surface area contributed by atoms with E-state index in [-0.39, 0.29) is 24.0 Å². The van der Waals surface area contributed by atoms with Gasteiger partial charge in [-0.3, -0.25) is 9.59 Å². The standard InChI is InChI=1S/C24H36N2O7/c1-14(2)26-16-9-7-8-10-18(16)33-13-15(23(26)31)25-22(30)21(32-6)20(29)19(28)17(27)11-12-24(3,4)5/h7-12,14-15,17,19-21,27-29H,13H2,1-6H3,(H,25,30)/t15?,17-,19+,20-,21-/m1/s1. The number of nitrogens with zero attached hydrogens (tertiary/aromatic N) is 1. The third kappa shape index (κ3) is 6.77. The Hall–Kier alpha value is -2.46. The third-order valence-electron chi connectivity index (χ3n) is 5.21. The van der Waals surface area contributed by atoms with Crippen molar-refractivity contribution in [1.29, 1.82) is 0 Å². The van der Waals surface area contributed by atoms with Gasteiger partial charge in [-0.25, -0.2) is 0 Å². The van der Waals surface area contributed by atoms with Crippen LogP contribution in [0.25, 0.3) is 0 Å². The van der Waals surface area contributed by atoms with Gasteiger partial charge >= 0.3 is 0 Å². The summed E-state index contributed by atoms with van der Waals surface area (Å²) in [5.41, 5.74) is 0.352. The highest BCUT2D eigenvalue weighted by molar-refractivity contribution is 6.01. The molecule has 0 saturated carbocycles. The highest BCUT2D eigenvalue weighted by atomic mass is 16.5. The van der Waals surface area contributed by atoms with E-state index < -0.39 is 36.4 Å². The van der Waals surface area contributed by atoms with Crippen LogP contribution in [-0.4, -0.2) is 77.4 Å². The monoisotopic (exact) mass is 464 g/mol. The second kappa shape index (κ2) is 11.1. The number of carbonyl (C=O) groups excluding carboxylic acids is 2. The summed E-state index contributed by atoms with van der Waals surface area (Å²) in [6.07, 6.45) is -3.32. The Balaban J connectivity index is 2.16. The Morgan fingerprint density at radius 1 is 1.21 bits per heavy atom. The lowest BCUT2D eigenvalue weighted by atomic mass is 9.94. The minimum absolute atomic E-state index is 0.114. The number of hydrogen-bond acceptors (Lipinski definition) is 7. The molecule has 9 nitrogen and oxygen atoms in total. The van der Waals surface area contributed by atoms with E-state index in [9.17, 15) is 24.9 Å². The molecule has 33 heavy (non-hydrogen) atoms. The first kappa shape index (κ1) is 26.8. The predicted octanol–water partition coefficient (Wildman–Crippen LogP) is 1.01. The maximum atomic E-state index is 13.2. The summed E-state index contributed by atoms with van der Waals surface area (Å²) in [6.45, 7) is 9.32. The van der Waals surface area contributed by atoms with Gasteiger partial charge in [-0.05, 0) is 31.4 Å². The molecule has 0 aromatic heterocycles. The van der Waals surface area contributed by atoms with Crippen LogP contribution in [0, 0.1) is 5.41 Å². The number of methoxy groups -OCH3 is 1. The quantitative estimate of drug-likeness (QED) is 0.423. The van der Waals surface area contributed by atoms with E-state index in [2.05, 4.69) is 5.32 Å². The molecule has 1 heterocycles. The highest BCUT2D eigenvalue weighted by Gasteiger charge is 2.39. The molecule has 5 atom stereocenters. The largest absolute Gasteiger partial charge is 0.489 e. The summed E-state index contributed by atoms with van der Waals surface area (Å²) < 4.78 is 10.9. The molecule has 0 spiro atoms. The molecule has 184 valence electrons. The fourth-order valence-electron chi connectivity index (χ4n) is 3.48. The molecule has 0 fully saturated rings. The van der Waals surface area contributed by atoms with Gasteiger partial charge in [-0.15, -0.1) is 0 Å². The number of benzene rings is 1. The van der Waals surface area contributed by atoms with Crippen LogP contribution in [0.1, 0.15) is 34.6 Å². The van der Waals surface area contributed by atoms with Gasteiger partial charge in [0, 0.05) is 13.2 Å². The zero-order valence-corrected chi connectivity index (χ0v) is 20.1. The maximum absolute atomic E-state index is 13.2. The van der Waals surface area contributed by atoms with Crippen molar-refractivity contribution in [3.05, 3.63) is 36.4 Å². The van der Waals surface area contributed by atoms with Gasteiger partial charge in [0.05, 0.1) is 5.69 Å². The van der Waals surface area contributed by atoms with Crippen molar-refractivity contribution >= 4 is 17.5 Å². The molecule has 2 amide bonds. The number of aliphatic hydroxyl groups is 3. The van der Waals surface area contributed by atoms with Crippen molar-refractivity contribution in [3.8, 4) is 5.75 Å². The molecule has 0 saturated heterocycles. The summed E-state index contributed by atoms with van der Waals surface area (Å²) in [6, 6.07) is 5.85. The number of anilines is 1. The lowest BCUT2D eigenvalue weighted by Crippen LogP contribution is -2.57. The molecular formula is C24H36N2O7. The summed E-state index contributed by atoms with van der Waals surface area (Å²) in [5, 5.41) is 33.7. The number of hydrogen-bond donors (Lipinski definition) is 4. The average molecular weight is 465 g/mol. The van der Waals surface area contributed by atoms with Crippen molar-refractivity contribution in [1.82, 2.24) is 5.32 Å². The van der Waals surface area contributed by atoms with Gasteiger partial charge in [-0.1, -0.05) is 45.1 Å². The molecule has 1 aliphatic heterocycles. The minimum atomic E-state index is -1.74. The second-order valence-electron chi connectivity index (χ2n) is 9.50. The van der Waals surface area contributed by atoms with Crippen molar-refractivity contribution in [3.63, 3.8) is 0 Å².